The van der Waals surface area contributed by atoms with Crippen molar-refractivity contribution in [3.8, 4) is 11.5 Å². The standard InChI is InChI=1S/C13H19NO4/c1-2-14(5-6-15)8-11(16)10-3-4-12-13(7-10)18-9-17-12/h3-4,7,11,15-16H,2,5-6,8-9H2,1H3. The van der Waals surface area contributed by atoms with Gasteiger partial charge < -0.3 is 19.7 Å². The summed E-state index contributed by atoms with van der Waals surface area (Å²) in [5.74, 6) is 1.39. The van der Waals surface area contributed by atoms with Crippen LogP contribution in [0.2, 0.25) is 0 Å². The molecule has 0 aromatic heterocycles. The van der Waals surface area contributed by atoms with E-state index in [1.807, 2.05) is 24.0 Å². The minimum absolute atomic E-state index is 0.0989. The molecule has 1 heterocycles. The molecule has 2 N–H and O–H groups in total. The Balaban J connectivity index is 2.02. The molecule has 1 aromatic carbocycles. The zero-order valence-electron chi connectivity index (χ0n) is 10.5. The lowest BCUT2D eigenvalue weighted by molar-refractivity contribution is 0.103. The Morgan fingerprint density at radius 2 is 2.11 bits per heavy atom. The number of nitrogens with zero attached hydrogens (tertiary/aromatic N) is 1. The van der Waals surface area contributed by atoms with Crippen LogP contribution in [0.25, 0.3) is 0 Å². The van der Waals surface area contributed by atoms with Gasteiger partial charge in [-0.05, 0) is 24.2 Å². The van der Waals surface area contributed by atoms with E-state index in [1.54, 1.807) is 6.07 Å². The Morgan fingerprint density at radius 3 is 2.83 bits per heavy atom. The summed E-state index contributed by atoms with van der Waals surface area (Å²) in [5.41, 5.74) is 0.802. The summed E-state index contributed by atoms with van der Waals surface area (Å²) < 4.78 is 10.5. The molecule has 100 valence electrons. The number of likely N-dealkylation sites (N-methyl/N-ethyl adjacent to an activating group) is 1. The summed E-state index contributed by atoms with van der Waals surface area (Å²) in [5, 5.41) is 19.1. The summed E-state index contributed by atoms with van der Waals surface area (Å²) in [6.07, 6.45) is -0.592. The van der Waals surface area contributed by atoms with Crippen LogP contribution in [0.4, 0.5) is 0 Å². The highest BCUT2D eigenvalue weighted by molar-refractivity contribution is 5.45. The SMILES string of the molecule is CCN(CCO)CC(O)c1ccc2c(c1)OCO2. The number of rotatable bonds is 6. The van der Waals surface area contributed by atoms with Crippen LogP contribution in [-0.2, 0) is 0 Å². The molecule has 5 heteroatoms. The fraction of sp³-hybridized carbons (Fsp3) is 0.538. The normalized spacial score (nSPS) is 15.1. The second kappa shape index (κ2) is 6.04. The van der Waals surface area contributed by atoms with E-state index in [1.165, 1.54) is 0 Å². The predicted octanol–water partition coefficient (Wildman–Crippen LogP) is 0.763. The molecule has 1 atom stereocenters. The molecular weight excluding hydrogens is 234 g/mol. The lowest BCUT2D eigenvalue weighted by atomic mass is 10.1. The molecule has 18 heavy (non-hydrogen) atoms. The predicted molar refractivity (Wildman–Crippen MR) is 66.7 cm³/mol. The number of ether oxygens (including phenoxy) is 2. The number of benzene rings is 1. The van der Waals surface area contributed by atoms with Crippen LogP contribution in [0, 0.1) is 0 Å². The van der Waals surface area contributed by atoms with E-state index in [0.29, 0.717) is 24.6 Å². The van der Waals surface area contributed by atoms with E-state index in [-0.39, 0.29) is 13.4 Å². The van der Waals surface area contributed by atoms with Gasteiger partial charge in [0.25, 0.3) is 0 Å². The summed E-state index contributed by atoms with van der Waals surface area (Å²) >= 11 is 0. The third-order valence-electron chi connectivity index (χ3n) is 3.08. The molecule has 0 spiro atoms. The smallest absolute Gasteiger partial charge is 0.231 e. The highest BCUT2D eigenvalue weighted by Crippen LogP contribution is 2.34. The third-order valence-corrected chi connectivity index (χ3v) is 3.08. The van der Waals surface area contributed by atoms with Gasteiger partial charge in [-0.15, -0.1) is 0 Å². The minimum Gasteiger partial charge on any atom is -0.454 e. The Hall–Kier alpha value is -1.30. The lowest BCUT2D eigenvalue weighted by Crippen LogP contribution is -2.31. The van der Waals surface area contributed by atoms with E-state index in [0.717, 1.165) is 12.1 Å². The van der Waals surface area contributed by atoms with Crippen molar-refractivity contribution in [3.63, 3.8) is 0 Å². The molecule has 1 unspecified atom stereocenters. The minimum atomic E-state index is -0.592. The van der Waals surface area contributed by atoms with E-state index in [9.17, 15) is 5.11 Å². The van der Waals surface area contributed by atoms with Gasteiger partial charge in [-0.25, -0.2) is 0 Å². The highest BCUT2D eigenvalue weighted by Gasteiger charge is 2.17. The second-order valence-electron chi connectivity index (χ2n) is 4.25. The van der Waals surface area contributed by atoms with Crippen LogP contribution >= 0.6 is 0 Å². The molecule has 0 fully saturated rings. The van der Waals surface area contributed by atoms with Crippen molar-refractivity contribution in [1.82, 2.24) is 4.90 Å². The Kier molecular flexibility index (Phi) is 4.41. The van der Waals surface area contributed by atoms with Crippen molar-refractivity contribution < 1.29 is 19.7 Å². The Labute approximate surface area is 107 Å². The van der Waals surface area contributed by atoms with Gasteiger partial charge in [-0.1, -0.05) is 13.0 Å². The van der Waals surface area contributed by atoms with Crippen LogP contribution in [-0.4, -0.2) is 48.1 Å². The summed E-state index contributed by atoms with van der Waals surface area (Å²) in [7, 11) is 0. The summed E-state index contributed by atoms with van der Waals surface area (Å²) in [4.78, 5) is 2.00. The Bertz CT molecular complexity index is 397. The van der Waals surface area contributed by atoms with E-state index in [2.05, 4.69) is 0 Å². The van der Waals surface area contributed by atoms with Gasteiger partial charge in [-0.2, -0.15) is 0 Å². The zero-order chi connectivity index (χ0) is 13.0. The molecule has 0 amide bonds. The van der Waals surface area contributed by atoms with Crippen LogP contribution in [0.3, 0.4) is 0 Å². The number of aliphatic hydroxyl groups is 2. The molecule has 1 aliphatic heterocycles. The Morgan fingerprint density at radius 1 is 1.33 bits per heavy atom. The second-order valence-corrected chi connectivity index (χ2v) is 4.25. The van der Waals surface area contributed by atoms with Crippen molar-refractivity contribution in [2.75, 3.05) is 33.0 Å². The first-order valence-electron chi connectivity index (χ1n) is 6.15. The summed E-state index contributed by atoms with van der Waals surface area (Å²) in [6.45, 7) is 4.20. The molecule has 0 radical (unpaired) electrons. The molecule has 0 aliphatic carbocycles. The number of hydrogen-bond donors (Lipinski definition) is 2. The lowest BCUT2D eigenvalue weighted by Gasteiger charge is -2.22. The van der Waals surface area contributed by atoms with Gasteiger partial charge in [0, 0.05) is 13.1 Å². The first-order chi connectivity index (χ1) is 8.74. The summed E-state index contributed by atoms with van der Waals surface area (Å²) in [6, 6.07) is 5.45. The van der Waals surface area contributed by atoms with E-state index < -0.39 is 6.10 Å². The molecule has 0 saturated heterocycles. The maximum Gasteiger partial charge on any atom is 0.231 e. The van der Waals surface area contributed by atoms with E-state index >= 15 is 0 Å². The molecular formula is C13H19NO4. The van der Waals surface area contributed by atoms with Crippen molar-refractivity contribution in [2.45, 2.75) is 13.0 Å². The monoisotopic (exact) mass is 253 g/mol. The van der Waals surface area contributed by atoms with Gasteiger partial charge in [0.2, 0.25) is 6.79 Å². The van der Waals surface area contributed by atoms with Gasteiger partial charge in [0.05, 0.1) is 12.7 Å². The van der Waals surface area contributed by atoms with Crippen LogP contribution in [0.5, 0.6) is 11.5 Å². The van der Waals surface area contributed by atoms with Crippen LogP contribution < -0.4 is 9.47 Å². The molecule has 0 bridgehead atoms. The molecule has 1 aliphatic rings. The largest absolute Gasteiger partial charge is 0.454 e. The van der Waals surface area contributed by atoms with Gasteiger partial charge >= 0.3 is 0 Å². The van der Waals surface area contributed by atoms with Gasteiger partial charge in [0.15, 0.2) is 11.5 Å². The zero-order valence-corrected chi connectivity index (χ0v) is 10.5. The first-order valence-corrected chi connectivity index (χ1v) is 6.15. The molecule has 1 aromatic rings. The quantitative estimate of drug-likeness (QED) is 0.784. The van der Waals surface area contributed by atoms with Gasteiger partial charge in [-0.3, -0.25) is 4.90 Å². The van der Waals surface area contributed by atoms with Crippen LogP contribution in [0.1, 0.15) is 18.6 Å². The highest BCUT2D eigenvalue weighted by atomic mass is 16.7. The van der Waals surface area contributed by atoms with Crippen molar-refractivity contribution in [2.24, 2.45) is 0 Å². The van der Waals surface area contributed by atoms with Crippen molar-refractivity contribution in [3.05, 3.63) is 23.8 Å². The fourth-order valence-corrected chi connectivity index (χ4v) is 1.99. The van der Waals surface area contributed by atoms with Gasteiger partial charge in [0.1, 0.15) is 0 Å². The maximum absolute atomic E-state index is 10.2. The average Bonchev–Trinajstić information content (AvgIpc) is 2.85. The first kappa shape index (κ1) is 13.1. The van der Waals surface area contributed by atoms with Crippen molar-refractivity contribution in [1.29, 1.82) is 0 Å². The molecule has 5 nitrogen and oxygen atoms in total. The topological polar surface area (TPSA) is 62.2 Å². The third kappa shape index (κ3) is 2.93. The number of fused-ring (bicyclic) bond motifs is 1. The number of aliphatic hydroxyl groups excluding tert-OH is 2. The average molecular weight is 253 g/mol. The fourth-order valence-electron chi connectivity index (χ4n) is 1.99. The maximum atomic E-state index is 10.2. The number of hydrogen-bond acceptors (Lipinski definition) is 5. The molecule has 2 rings (SSSR count). The van der Waals surface area contributed by atoms with Crippen molar-refractivity contribution >= 4 is 0 Å². The van der Waals surface area contributed by atoms with E-state index in [4.69, 9.17) is 14.6 Å². The molecule has 0 saturated carbocycles. The van der Waals surface area contributed by atoms with Crippen LogP contribution in [0.15, 0.2) is 18.2 Å².